The summed E-state index contributed by atoms with van der Waals surface area (Å²) in [6.07, 6.45) is 1.56. The first kappa shape index (κ1) is 15.1. The molecular formula is C14H15N3O3S. The highest BCUT2D eigenvalue weighted by Gasteiger charge is 2.14. The van der Waals surface area contributed by atoms with Gasteiger partial charge < -0.3 is 9.84 Å². The van der Waals surface area contributed by atoms with Gasteiger partial charge in [-0.15, -0.1) is 5.10 Å². The number of nitrogens with one attached hydrogen (secondary N) is 1. The van der Waals surface area contributed by atoms with Crippen molar-refractivity contribution in [1.82, 2.24) is 15.2 Å². The maximum atomic E-state index is 11.4. The zero-order valence-corrected chi connectivity index (χ0v) is 12.5. The molecule has 0 amide bonds. The van der Waals surface area contributed by atoms with Gasteiger partial charge in [0.15, 0.2) is 0 Å². The molecule has 110 valence electrons. The number of carbonyl (C=O) groups is 1. The molecule has 6 nitrogen and oxygen atoms in total. The summed E-state index contributed by atoms with van der Waals surface area (Å²) in [5, 5.41) is 16.3. The molecule has 2 N–H and O–H groups in total. The maximum absolute atomic E-state index is 11.4. The van der Waals surface area contributed by atoms with E-state index >= 15 is 0 Å². The highest BCUT2D eigenvalue weighted by atomic mass is 32.2. The monoisotopic (exact) mass is 305 g/mol. The number of aryl methyl sites for hydroxylation is 1. The fourth-order valence-corrected chi connectivity index (χ4v) is 2.37. The van der Waals surface area contributed by atoms with Crippen molar-refractivity contribution in [2.45, 2.75) is 19.0 Å². The molecular weight excluding hydrogens is 290 g/mol. The van der Waals surface area contributed by atoms with Crippen LogP contribution in [-0.2, 0) is 4.79 Å². The molecule has 2 rings (SSSR count). The van der Waals surface area contributed by atoms with Gasteiger partial charge in [-0.2, -0.15) is 0 Å². The van der Waals surface area contributed by atoms with Crippen molar-refractivity contribution in [3.63, 3.8) is 0 Å². The summed E-state index contributed by atoms with van der Waals surface area (Å²) in [6, 6.07) is 7.28. The topological polar surface area (TPSA) is 88.1 Å². The number of H-pyrrole nitrogens is 1. The molecule has 0 aliphatic rings. The summed E-state index contributed by atoms with van der Waals surface area (Å²) in [7, 11) is 0. The van der Waals surface area contributed by atoms with Crippen LogP contribution < -0.4 is 4.74 Å². The van der Waals surface area contributed by atoms with Crippen molar-refractivity contribution >= 4 is 23.8 Å². The Bertz CT molecular complexity index is 667. The van der Waals surface area contributed by atoms with Gasteiger partial charge in [0.1, 0.15) is 16.5 Å². The van der Waals surface area contributed by atoms with Crippen LogP contribution in [0, 0.1) is 6.92 Å². The number of carboxylic acid groups (broad SMARTS) is 1. The van der Waals surface area contributed by atoms with Crippen molar-refractivity contribution in [1.29, 1.82) is 0 Å². The third-order valence-corrected chi connectivity index (χ3v) is 3.37. The van der Waals surface area contributed by atoms with E-state index in [1.807, 2.05) is 19.1 Å². The molecule has 0 saturated heterocycles. The van der Waals surface area contributed by atoms with Crippen LogP contribution in [0.4, 0.5) is 0 Å². The number of aliphatic carboxylic acids is 1. The lowest BCUT2D eigenvalue weighted by Crippen LogP contribution is -1.99. The molecule has 0 spiro atoms. The zero-order valence-electron chi connectivity index (χ0n) is 11.7. The Kier molecular flexibility index (Phi) is 4.99. The van der Waals surface area contributed by atoms with Gasteiger partial charge in [-0.3, -0.25) is 5.10 Å². The predicted octanol–water partition coefficient (Wildman–Crippen LogP) is 2.73. The Morgan fingerprint density at radius 1 is 1.48 bits per heavy atom. The normalized spacial score (nSPS) is 11.4. The fraction of sp³-hybridized carbons (Fsp3) is 0.214. The van der Waals surface area contributed by atoms with Crippen LogP contribution in [0.1, 0.15) is 18.3 Å². The van der Waals surface area contributed by atoms with Crippen molar-refractivity contribution in [2.75, 3.05) is 6.61 Å². The van der Waals surface area contributed by atoms with E-state index in [9.17, 15) is 9.90 Å². The summed E-state index contributed by atoms with van der Waals surface area (Å²) in [6.45, 7) is 4.15. The molecule has 2 aromatic rings. The van der Waals surface area contributed by atoms with Gasteiger partial charge in [0.2, 0.25) is 5.16 Å². The number of aromatic nitrogens is 3. The lowest BCUT2D eigenvalue weighted by atomic mass is 10.2. The number of nitrogens with zero attached hydrogens (tertiary/aromatic N) is 2. The zero-order chi connectivity index (χ0) is 15.2. The molecule has 0 fully saturated rings. The van der Waals surface area contributed by atoms with E-state index in [4.69, 9.17) is 4.74 Å². The van der Waals surface area contributed by atoms with Crippen LogP contribution in [-0.4, -0.2) is 32.9 Å². The van der Waals surface area contributed by atoms with Crippen LogP contribution >= 0.6 is 11.8 Å². The number of thioether (sulfide) groups is 1. The first-order valence-corrected chi connectivity index (χ1v) is 7.15. The second-order valence-electron chi connectivity index (χ2n) is 4.09. The summed E-state index contributed by atoms with van der Waals surface area (Å²) >= 11 is 0.992. The molecule has 0 unspecified atom stereocenters. The first-order chi connectivity index (χ1) is 10.1. The standard InChI is InChI=1S/C14H15N3O3S/c1-3-20-11-7-5-4-6-10(11)8-12(13(18)19)21-14-15-9(2)16-17-14/h4-8H,3H2,1-2H3,(H,18,19)(H,15,16,17)/b12-8+. The summed E-state index contributed by atoms with van der Waals surface area (Å²) in [4.78, 5) is 15.6. The summed E-state index contributed by atoms with van der Waals surface area (Å²) in [5.41, 5.74) is 0.705. The van der Waals surface area contributed by atoms with Gasteiger partial charge >= 0.3 is 5.97 Å². The number of carboxylic acids is 1. The second-order valence-corrected chi connectivity index (χ2v) is 5.10. The van der Waals surface area contributed by atoms with Crippen LogP contribution in [0.5, 0.6) is 5.75 Å². The maximum Gasteiger partial charge on any atom is 0.342 e. The Balaban J connectivity index is 2.31. The van der Waals surface area contributed by atoms with Crippen molar-refractivity contribution < 1.29 is 14.6 Å². The number of ether oxygens (including phenoxy) is 1. The van der Waals surface area contributed by atoms with E-state index in [1.54, 1.807) is 25.1 Å². The average Bonchev–Trinajstić information content (AvgIpc) is 2.86. The Morgan fingerprint density at radius 3 is 2.86 bits per heavy atom. The van der Waals surface area contributed by atoms with Crippen LogP contribution in [0.2, 0.25) is 0 Å². The third kappa shape index (κ3) is 4.09. The molecule has 0 atom stereocenters. The number of hydrogen-bond donors (Lipinski definition) is 2. The highest BCUT2D eigenvalue weighted by molar-refractivity contribution is 8.04. The van der Waals surface area contributed by atoms with E-state index in [-0.39, 0.29) is 4.91 Å². The van der Waals surface area contributed by atoms with Gasteiger partial charge in [-0.1, -0.05) is 18.2 Å². The first-order valence-electron chi connectivity index (χ1n) is 6.34. The van der Waals surface area contributed by atoms with E-state index < -0.39 is 5.97 Å². The quantitative estimate of drug-likeness (QED) is 0.630. The van der Waals surface area contributed by atoms with Gasteiger partial charge in [0.25, 0.3) is 0 Å². The largest absolute Gasteiger partial charge is 0.493 e. The number of aromatic amines is 1. The SMILES string of the molecule is CCOc1ccccc1/C=C(/Sc1n[nH]c(C)n1)C(=O)O. The van der Waals surface area contributed by atoms with Crippen molar-refractivity contribution in [2.24, 2.45) is 0 Å². The number of para-hydroxylation sites is 1. The van der Waals surface area contributed by atoms with E-state index in [0.717, 1.165) is 11.8 Å². The van der Waals surface area contributed by atoms with E-state index in [1.165, 1.54) is 0 Å². The van der Waals surface area contributed by atoms with E-state index in [2.05, 4.69) is 15.2 Å². The smallest absolute Gasteiger partial charge is 0.342 e. The molecule has 1 aromatic carbocycles. The Morgan fingerprint density at radius 2 is 2.24 bits per heavy atom. The molecule has 0 aliphatic heterocycles. The average molecular weight is 305 g/mol. The van der Waals surface area contributed by atoms with Crippen LogP contribution in [0.15, 0.2) is 34.3 Å². The number of hydrogen-bond acceptors (Lipinski definition) is 5. The van der Waals surface area contributed by atoms with Crippen LogP contribution in [0.25, 0.3) is 6.08 Å². The summed E-state index contributed by atoms with van der Waals surface area (Å²) in [5.74, 6) is 0.247. The molecule has 0 saturated carbocycles. The minimum absolute atomic E-state index is 0.126. The Hall–Kier alpha value is -2.28. The molecule has 0 radical (unpaired) electrons. The fourth-order valence-electron chi connectivity index (χ4n) is 1.63. The molecule has 1 aromatic heterocycles. The van der Waals surface area contributed by atoms with Crippen molar-refractivity contribution in [3.05, 3.63) is 40.6 Å². The molecule has 21 heavy (non-hydrogen) atoms. The highest BCUT2D eigenvalue weighted by Crippen LogP contribution is 2.28. The molecule has 7 heteroatoms. The summed E-state index contributed by atoms with van der Waals surface area (Å²) < 4.78 is 5.49. The predicted molar refractivity (Wildman–Crippen MR) is 80.2 cm³/mol. The lowest BCUT2D eigenvalue weighted by molar-refractivity contribution is -0.131. The molecule has 0 aliphatic carbocycles. The lowest BCUT2D eigenvalue weighted by Gasteiger charge is -2.07. The van der Waals surface area contributed by atoms with Gasteiger partial charge in [-0.05, 0) is 37.8 Å². The van der Waals surface area contributed by atoms with E-state index in [0.29, 0.717) is 28.9 Å². The Labute approximate surface area is 126 Å². The van der Waals surface area contributed by atoms with Gasteiger partial charge in [0, 0.05) is 5.56 Å². The second kappa shape index (κ2) is 6.94. The molecule has 1 heterocycles. The number of benzene rings is 1. The van der Waals surface area contributed by atoms with Gasteiger partial charge in [0.05, 0.1) is 6.61 Å². The minimum atomic E-state index is -1.03. The number of rotatable bonds is 6. The third-order valence-electron chi connectivity index (χ3n) is 2.49. The van der Waals surface area contributed by atoms with Crippen molar-refractivity contribution in [3.8, 4) is 5.75 Å². The molecule has 0 bridgehead atoms. The minimum Gasteiger partial charge on any atom is -0.493 e. The van der Waals surface area contributed by atoms with Crippen LogP contribution in [0.3, 0.4) is 0 Å². The van der Waals surface area contributed by atoms with Gasteiger partial charge in [-0.25, -0.2) is 9.78 Å².